The summed E-state index contributed by atoms with van der Waals surface area (Å²) in [5.41, 5.74) is 8.02. The number of benzene rings is 1. The molecule has 11 heteroatoms. The summed E-state index contributed by atoms with van der Waals surface area (Å²) in [6.45, 7) is 4.22. The van der Waals surface area contributed by atoms with Crippen molar-refractivity contribution in [1.82, 2.24) is 29.7 Å². The van der Waals surface area contributed by atoms with Crippen molar-refractivity contribution in [2.24, 2.45) is 0 Å². The van der Waals surface area contributed by atoms with Crippen molar-refractivity contribution < 1.29 is 9.50 Å². The number of phenols is 1. The number of anilines is 3. The minimum atomic E-state index is -0.493. The number of nitrogen functional groups attached to an aromatic ring is 1. The third-order valence-corrected chi connectivity index (χ3v) is 6.30. The van der Waals surface area contributed by atoms with Crippen molar-refractivity contribution in [3.63, 3.8) is 0 Å². The van der Waals surface area contributed by atoms with Gasteiger partial charge in [0, 0.05) is 43.6 Å². The van der Waals surface area contributed by atoms with Crippen LogP contribution in [-0.2, 0) is 6.54 Å². The normalized spacial score (nSPS) is 15.7. The fraction of sp³-hybridized carbons (Fsp3) is 0.269. The highest BCUT2D eigenvalue weighted by molar-refractivity contribution is 5.74. The average molecular weight is 500 g/mol. The molecule has 1 atom stereocenters. The maximum absolute atomic E-state index is 14.9. The molecule has 0 saturated carbocycles. The van der Waals surface area contributed by atoms with Crippen LogP contribution in [0.25, 0.3) is 11.3 Å². The Hall–Kier alpha value is -4.72. The van der Waals surface area contributed by atoms with Gasteiger partial charge in [-0.3, -0.25) is 0 Å². The van der Waals surface area contributed by atoms with Crippen molar-refractivity contribution in [3.8, 4) is 28.8 Å². The molecular weight excluding hydrogens is 473 g/mol. The monoisotopic (exact) mass is 499 g/mol. The van der Waals surface area contributed by atoms with Crippen molar-refractivity contribution in [1.29, 1.82) is 0 Å². The van der Waals surface area contributed by atoms with Gasteiger partial charge in [0.15, 0.2) is 17.5 Å². The Balaban J connectivity index is 1.36. The molecule has 4 heterocycles. The minimum Gasteiger partial charge on any atom is -0.507 e. The summed E-state index contributed by atoms with van der Waals surface area (Å²) in [4.78, 5) is 16.5. The molecule has 0 radical (unpaired) electrons. The molecule has 1 aromatic carbocycles. The average Bonchev–Trinajstić information content (AvgIpc) is 3.34. The highest BCUT2D eigenvalue weighted by Crippen LogP contribution is 2.32. The largest absolute Gasteiger partial charge is 0.507 e. The summed E-state index contributed by atoms with van der Waals surface area (Å²) >= 11 is 0. The summed E-state index contributed by atoms with van der Waals surface area (Å²) in [7, 11) is 0. The Bertz CT molecular complexity index is 1450. The number of halogens is 1. The van der Waals surface area contributed by atoms with Gasteiger partial charge in [0.25, 0.3) is 0 Å². The number of rotatable bonds is 4. The van der Waals surface area contributed by atoms with Crippen molar-refractivity contribution in [3.05, 3.63) is 66.9 Å². The maximum atomic E-state index is 14.9. The number of aromatic hydroxyl groups is 1. The molecule has 5 rings (SSSR count). The third kappa shape index (κ3) is 5.28. The number of phenolic OH excluding ortho intramolecular Hbond substituents is 1. The van der Waals surface area contributed by atoms with E-state index in [2.05, 4.69) is 41.9 Å². The molecule has 0 amide bonds. The van der Waals surface area contributed by atoms with Crippen LogP contribution in [-0.4, -0.2) is 60.5 Å². The molecule has 3 N–H and O–H groups in total. The quantitative estimate of drug-likeness (QED) is 0.408. The molecule has 10 nitrogen and oxygen atoms in total. The first-order chi connectivity index (χ1) is 18.0. The van der Waals surface area contributed by atoms with Crippen LogP contribution in [0.2, 0.25) is 0 Å². The van der Waals surface area contributed by atoms with Crippen LogP contribution >= 0.6 is 0 Å². The lowest BCUT2D eigenvalue weighted by atomic mass is 10.1. The lowest BCUT2D eigenvalue weighted by Crippen LogP contribution is -2.36. The zero-order chi connectivity index (χ0) is 25.8. The standard InChI is InChI=1S/C26H26FN9O/c1-18-8-11-35(22-15-21(32-33-25(22)28)19-5-2-3-6-23(19)37)13-14-36(18)26-20(27)16-30-24(31-26)7-4-10-34-12-9-29-17-34/h2-3,5-6,9,12,15-18,37H,8,10-11,13-14H2,1H3,(H2,28,33)/t18-/m0/s1. The Morgan fingerprint density at radius 2 is 2.05 bits per heavy atom. The van der Waals surface area contributed by atoms with Gasteiger partial charge in [-0.2, -0.15) is 0 Å². The second-order valence-corrected chi connectivity index (χ2v) is 8.74. The number of aromatic nitrogens is 6. The molecule has 37 heavy (non-hydrogen) atoms. The van der Waals surface area contributed by atoms with Crippen LogP contribution in [0, 0.1) is 17.7 Å². The molecular formula is C26H26FN9O. The summed E-state index contributed by atoms with van der Waals surface area (Å²) in [6, 6.07) is 8.79. The Kier molecular flexibility index (Phi) is 6.81. The first kappa shape index (κ1) is 24.0. The topological polar surface area (TPSA) is 122 Å². The van der Waals surface area contributed by atoms with Crippen LogP contribution in [0.3, 0.4) is 0 Å². The second kappa shape index (κ2) is 10.5. The van der Waals surface area contributed by atoms with E-state index in [-0.39, 0.29) is 23.4 Å². The van der Waals surface area contributed by atoms with E-state index in [0.717, 1.165) is 12.1 Å². The highest BCUT2D eigenvalue weighted by atomic mass is 19.1. The Labute approximate surface area is 213 Å². The first-order valence-corrected chi connectivity index (χ1v) is 11.9. The van der Waals surface area contributed by atoms with Gasteiger partial charge in [0.05, 0.1) is 30.5 Å². The SMILES string of the molecule is C[C@H]1CCN(c2cc(-c3ccccc3O)nnc2N)CCN1c1nc(C#CCn2ccnc2)ncc1F. The fourth-order valence-corrected chi connectivity index (χ4v) is 4.29. The van der Waals surface area contributed by atoms with Crippen LogP contribution in [0.15, 0.2) is 55.2 Å². The summed E-state index contributed by atoms with van der Waals surface area (Å²) in [5.74, 6) is 6.31. The van der Waals surface area contributed by atoms with Crippen LogP contribution in [0.5, 0.6) is 5.75 Å². The van der Waals surface area contributed by atoms with E-state index >= 15 is 0 Å². The first-order valence-electron chi connectivity index (χ1n) is 11.9. The van der Waals surface area contributed by atoms with E-state index in [9.17, 15) is 9.50 Å². The van der Waals surface area contributed by atoms with Gasteiger partial charge in [-0.05, 0) is 37.5 Å². The van der Waals surface area contributed by atoms with Gasteiger partial charge < -0.3 is 25.2 Å². The maximum Gasteiger partial charge on any atom is 0.207 e. The van der Waals surface area contributed by atoms with Crippen molar-refractivity contribution >= 4 is 17.3 Å². The molecule has 4 aromatic rings. The van der Waals surface area contributed by atoms with E-state index in [0.29, 0.717) is 43.3 Å². The molecule has 0 aliphatic carbocycles. The number of hydrogen-bond acceptors (Lipinski definition) is 9. The molecule has 0 bridgehead atoms. The van der Waals surface area contributed by atoms with Crippen LogP contribution in [0.1, 0.15) is 19.2 Å². The summed E-state index contributed by atoms with van der Waals surface area (Å²) < 4.78 is 16.7. The van der Waals surface area contributed by atoms with Gasteiger partial charge in [0.1, 0.15) is 5.75 Å². The fourth-order valence-electron chi connectivity index (χ4n) is 4.29. The Morgan fingerprint density at radius 3 is 2.86 bits per heavy atom. The zero-order valence-electron chi connectivity index (χ0n) is 20.3. The number of imidazole rings is 1. The van der Waals surface area contributed by atoms with E-state index in [4.69, 9.17) is 5.73 Å². The molecule has 188 valence electrons. The van der Waals surface area contributed by atoms with Crippen molar-refractivity contribution in [2.45, 2.75) is 25.9 Å². The second-order valence-electron chi connectivity index (χ2n) is 8.74. The van der Waals surface area contributed by atoms with E-state index in [1.54, 1.807) is 30.7 Å². The van der Waals surface area contributed by atoms with E-state index in [1.807, 2.05) is 34.7 Å². The van der Waals surface area contributed by atoms with Gasteiger partial charge in [-0.25, -0.2) is 19.3 Å². The van der Waals surface area contributed by atoms with Crippen LogP contribution in [0.4, 0.5) is 21.7 Å². The van der Waals surface area contributed by atoms with Crippen LogP contribution < -0.4 is 15.5 Å². The highest BCUT2D eigenvalue weighted by Gasteiger charge is 2.26. The summed E-state index contributed by atoms with van der Waals surface area (Å²) in [6.07, 6.45) is 7.07. The predicted molar refractivity (Wildman–Crippen MR) is 138 cm³/mol. The summed E-state index contributed by atoms with van der Waals surface area (Å²) in [5, 5.41) is 18.5. The minimum absolute atomic E-state index is 0.00909. The van der Waals surface area contributed by atoms with Crippen molar-refractivity contribution in [2.75, 3.05) is 35.2 Å². The Morgan fingerprint density at radius 1 is 1.19 bits per heavy atom. The van der Waals surface area contributed by atoms with Gasteiger partial charge in [-0.1, -0.05) is 18.1 Å². The molecule has 1 fully saturated rings. The van der Waals surface area contributed by atoms with E-state index < -0.39 is 5.82 Å². The lowest BCUT2D eigenvalue weighted by molar-refractivity contribution is 0.477. The molecule has 1 aliphatic heterocycles. The van der Waals surface area contributed by atoms with E-state index in [1.165, 1.54) is 6.20 Å². The van der Waals surface area contributed by atoms with Gasteiger partial charge >= 0.3 is 0 Å². The number of nitrogens with zero attached hydrogens (tertiary/aromatic N) is 8. The molecule has 1 saturated heterocycles. The van der Waals surface area contributed by atoms with Gasteiger partial charge in [-0.15, -0.1) is 10.2 Å². The predicted octanol–water partition coefficient (Wildman–Crippen LogP) is 2.71. The van der Waals surface area contributed by atoms with Gasteiger partial charge in [0.2, 0.25) is 5.82 Å². The molecule has 0 spiro atoms. The number of para-hydroxylation sites is 1. The lowest BCUT2D eigenvalue weighted by Gasteiger charge is -2.28. The zero-order valence-corrected chi connectivity index (χ0v) is 20.3. The molecule has 1 aliphatic rings. The number of nitrogens with two attached hydrogens (primary N) is 1. The number of hydrogen-bond donors (Lipinski definition) is 2. The smallest absolute Gasteiger partial charge is 0.207 e. The third-order valence-electron chi connectivity index (χ3n) is 6.30. The molecule has 3 aromatic heterocycles. The molecule has 0 unspecified atom stereocenters.